The maximum absolute atomic E-state index is 12.3. The van der Waals surface area contributed by atoms with Crippen molar-refractivity contribution >= 4 is 12.1 Å². The van der Waals surface area contributed by atoms with Gasteiger partial charge in [-0.2, -0.15) is 0 Å². The van der Waals surface area contributed by atoms with Gasteiger partial charge in [-0.1, -0.05) is 20.8 Å². The summed E-state index contributed by atoms with van der Waals surface area (Å²) < 4.78 is 10.6. The number of carbonyl (C=O) groups is 2. The summed E-state index contributed by atoms with van der Waals surface area (Å²) in [5.74, 6) is 1.86. The van der Waals surface area contributed by atoms with Gasteiger partial charge in [0.15, 0.2) is 0 Å². The molecule has 0 aromatic rings. The van der Waals surface area contributed by atoms with Crippen LogP contribution in [0.25, 0.3) is 0 Å². The Labute approximate surface area is 144 Å². The zero-order valence-corrected chi connectivity index (χ0v) is 15.5. The predicted molar refractivity (Wildman–Crippen MR) is 90.3 cm³/mol. The number of nitrogens with one attached hydrogen (secondary N) is 1. The van der Waals surface area contributed by atoms with Gasteiger partial charge in [0.2, 0.25) is 0 Å². The lowest BCUT2D eigenvalue weighted by Crippen LogP contribution is -2.57. The number of carbonyl (C=O) groups excluding carboxylic acids is 2. The molecular formula is C19H31NO4. The van der Waals surface area contributed by atoms with Crippen LogP contribution < -0.4 is 5.32 Å². The molecule has 1 aliphatic heterocycles. The average Bonchev–Trinajstić information content (AvgIpc) is 2.78. The second kappa shape index (κ2) is 6.23. The number of rotatable bonds is 2. The second-order valence-electron chi connectivity index (χ2n) is 8.51. The zero-order valence-electron chi connectivity index (χ0n) is 15.5. The Kier molecular flexibility index (Phi) is 4.56. The van der Waals surface area contributed by atoms with Crippen LogP contribution in [-0.4, -0.2) is 30.8 Å². The molecular weight excluding hydrogens is 306 g/mol. The Hall–Kier alpha value is -1.26. The van der Waals surface area contributed by atoms with E-state index in [9.17, 15) is 9.59 Å². The SMILES string of the molecule is CCOC(=O)NC1CC[C@H]2[C@H](C)[C@@H]3[C@@H](C)OC(=O)[C@@H]3C[C@@H]2C1(C)C. The Balaban J connectivity index is 1.80. The zero-order chi connectivity index (χ0) is 17.6. The van der Waals surface area contributed by atoms with Crippen molar-refractivity contribution in [1.29, 1.82) is 0 Å². The van der Waals surface area contributed by atoms with Crippen molar-refractivity contribution in [1.82, 2.24) is 5.32 Å². The fourth-order valence-corrected chi connectivity index (χ4v) is 5.86. The molecule has 3 aliphatic rings. The van der Waals surface area contributed by atoms with Crippen molar-refractivity contribution in [2.45, 2.75) is 66.0 Å². The molecule has 0 aromatic carbocycles. The molecule has 136 valence electrons. The van der Waals surface area contributed by atoms with Crippen LogP contribution in [0, 0.1) is 35.0 Å². The van der Waals surface area contributed by atoms with Gasteiger partial charge in [-0.25, -0.2) is 4.79 Å². The van der Waals surface area contributed by atoms with Gasteiger partial charge < -0.3 is 14.8 Å². The highest BCUT2D eigenvalue weighted by molar-refractivity contribution is 5.75. The third kappa shape index (κ3) is 2.70. The Morgan fingerprint density at radius 2 is 2.04 bits per heavy atom. The fourth-order valence-electron chi connectivity index (χ4n) is 5.86. The van der Waals surface area contributed by atoms with E-state index in [1.165, 1.54) is 0 Å². The summed E-state index contributed by atoms with van der Waals surface area (Å²) >= 11 is 0. The third-order valence-electron chi connectivity index (χ3n) is 7.13. The molecule has 7 atom stereocenters. The summed E-state index contributed by atoms with van der Waals surface area (Å²) in [7, 11) is 0. The Morgan fingerprint density at radius 3 is 2.71 bits per heavy atom. The first-order chi connectivity index (χ1) is 11.3. The number of alkyl carbamates (subject to hydrolysis) is 1. The van der Waals surface area contributed by atoms with Gasteiger partial charge in [0, 0.05) is 12.0 Å². The molecule has 0 spiro atoms. The molecule has 1 heterocycles. The Morgan fingerprint density at radius 1 is 1.33 bits per heavy atom. The van der Waals surface area contributed by atoms with Gasteiger partial charge in [-0.05, 0) is 56.3 Å². The highest BCUT2D eigenvalue weighted by Crippen LogP contribution is 2.58. The van der Waals surface area contributed by atoms with E-state index in [1.54, 1.807) is 0 Å². The van der Waals surface area contributed by atoms with Crippen LogP contribution >= 0.6 is 0 Å². The largest absolute Gasteiger partial charge is 0.462 e. The van der Waals surface area contributed by atoms with Crippen molar-refractivity contribution in [3.63, 3.8) is 0 Å². The number of ether oxygens (including phenoxy) is 2. The topological polar surface area (TPSA) is 64.6 Å². The molecule has 0 aromatic heterocycles. The van der Waals surface area contributed by atoms with E-state index in [1.807, 2.05) is 13.8 Å². The van der Waals surface area contributed by atoms with E-state index in [0.29, 0.717) is 30.3 Å². The molecule has 1 unspecified atom stereocenters. The van der Waals surface area contributed by atoms with E-state index < -0.39 is 0 Å². The summed E-state index contributed by atoms with van der Waals surface area (Å²) in [6.07, 6.45) is 2.66. The molecule has 1 saturated heterocycles. The summed E-state index contributed by atoms with van der Waals surface area (Å²) in [5, 5.41) is 3.06. The first-order valence-electron chi connectivity index (χ1n) is 9.41. The number of hydrogen-bond donors (Lipinski definition) is 1. The number of fused-ring (bicyclic) bond motifs is 2. The normalized spacial score (nSPS) is 43.4. The summed E-state index contributed by atoms with van der Waals surface area (Å²) in [4.78, 5) is 24.2. The van der Waals surface area contributed by atoms with Gasteiger partial charge in [0.1, 0.15) is 6.10 Å². The van der Waals surface area contributed by atoms with Crippen LogP contribution in [0.2, 0.25) is 0 Å². The van der Waals surface area contributed by atoms with Gasteiger partial charge in [0.25, 0.3) is 0 Å². The van der Waals surface area contributed by atoms with Gasteiger partial charge in [-0.3, -0.25) is 4.79 Å². The van der Waals surface area contributed by atoms with E-state index in [-0.39, 0.29) is 35.5 Å². The lowest BCUT2D eigenvalue weighted by atomic mass is 9.50. The second-order valence-corrected chi connectivity index (χ2v) is 8.51. The number of esters is 1. The third-order valence-corrected chi connectivity index (χ3v) is 7.13. The van der Waals surface area contributed by atoms with E-state index >= 15 is 0 Å². The summed E-state index contributed by atoms with van der Waals surface area (Å²) in [5.41, 5.74) is -0.0545. The summed E-state index contributed by atoms with van der Waals surface area (Å²) in [6, 6.07) is 0.0939. The van der Waals surface area contributed by atoms with E-state index in [4.69, 9.17) is 9.47 Å². The molecule has 2 saturated carbocycles. The summed E-state index contributed by atoms with van der Waals surface area (Å²) in [6.45, 7) is 11.0. The van der Waals surface area contributed by atoms with Crippen LogP contribution in [-0.2, 0) is 14.3 Å². The quantitative estimate of drug-likeness (QED) is 0.785. The van der Waals surface area contributed by atoms with Crippen LogP contribution in [0.1, 0.15) is 53.9 Å². The highest BCUT2D eigenvalue weighted by atomic mass is 16.6. The first-order valence-corrected chi connectivity index (χ1v) is 9.41. The van der Waals surface area contributed by atoms with E-state index in [0.717, 1.165) is 19.3 Å². The number of hydrogen-bond acceptors (Lipinski definition) is 4. The molecule has 1 amide bonds. The molecule has 2 aliphatic carbocycles. The van der Waals surface area contributed by atoms with Crippen LogP contribution in [0.5, 0.6) is 0 Å². The maximum atomic E-state index is 12.3. The molecule has 5 heteroatoms. The van der Waals surface area contributed by atoms with Crippen molar-refractivity contribution in [3.8, 4) is 0 Å². The molecule has 0 bridgehead atoms. The minimum Gasteiger partial charge on any atom is -0.462 e. The molecule has 1 N–H and O–H groups in total. The lowest BCUT2D eigenvalue weighted by molar-refractivity contribution is -0.145. The smallest absolute Gasteiger partial charge is 0.407 e. The lowest BCUT2D eigenvalue weighted by Gasteiger charge is -2.55. The number of amides is 1. The van der Waals surface area contributed by atoms with Crippen molar-refractivity contribution < 1.29 is 19.1 Å². The standard InChI is InChI=1S/C19H31NO4/c1-6-23-18(22)20-15-8-7-12-10(2)16-11(3)24-17(21)13(16)9-14(12)19(15,4)5/h10-16H,6-9H2,1-5H3,(H,20,22)/t10-,11+,12-,13+,14-,15?,16+/m0/s1. The highest BCUT2D eigenvalue weighted by Gasteiger charge is 2.58. The van der Waals surface area contributed by atoms with Crippen molar-refractivity contribution in [2.24, 2.45) is 35.0 Å². The first kappa shape index (κ1) is 17.6. The molecule has 5 nitrogen and oxygen atoms in total. The van der Waals surface area contributed by atoms with Crippen LogP contribution in [0.4, 0.5) is 4.79 Å². The van der Waals surface area contributed by atoms with Gasteiger partial charge >= 0.3 is 12.1 Å². The predicted octanol–water partition coefficient (Wildman–Crippen LogP) is 3.37. The van der Waals surface area contributed by atoms with Crippen molar-refractivity contribution in [3.05, 3.63) is 0 Å². The Bertz CT molecular complexity index is 517. The molecule has 3 rings (SSSR count). The molecule has 3 fully saturated rings. The van der Waals surface area contributed by atoms with Gasteiger partial charge in [0.05, 0.1) is 12.5 Å². The molecule has 0 radical (unpaired) electrons. The van der Waals surface area contributed by atoms with Crippen molar-refractivity contribution in [2.75, 3.05) is 6.61 Å². The minimum atomic E-state index is -0.329. The van der Waals surface area contributed by atoms with Crippen LogP contribution in [0.15, 0.2) is 0 Å². The fraction of sp³-hybridized carbons (Fsp3) is 0.895. The van der Waals surface area contributed by atoms with Gasteiger partial charge in [-0.15, -0.1) is 0 Å². The number of cyclic esters (lactones) is 1. The average molecular weight is 337 g/mol. The monoisotopic (exact) mass is 337 g/mol. The minimum absolute atomic E-state index is 0.0194. The van der Waals surface area contributed by atoms with Crippen LogP contribution in [0.3, 0.4) is 0 Å². The molecule has 24 heavy (non-hydrogen) atoms. The van der Waals surface area contributed by atoms with E-state index in [2.05, 4.69) is 26.1 Å². The maximum Gasteiger partial charge on any atom is 0.407 e.